The van der Waals surface area contributed by atoms with Crippen LogP contribution >= 0.6 is 0 Å². The lowest BCUT2D eigenvalue weighted by atomic mass is 10.1. The van der Waals surface area contributed by atoms with Crippen molar-refractivity contribution in [3.8, 4) is 0 Å². The second-order valence-corrected chi connectivity index (χ2v) is 6.43. The van der Waals surface area contributed by atoms with Crippen LogP contribution in [0.25, 0.3) is 0 Å². The molecule has 8 heteroatoms. The van der Waals surface area contributed by atoms with E-state index in [4.69, 9.17) is 0 Å². The molecule has 0 aliphatic carbocycles. The van der Waals surface area contributed by atoms with Crippen molar-refractivity contribution in [1.82, 2.24) is 10.0 Å². The van der Waals surface area contributed by atoms with Gasteiger partial charge in [0.1, 0.15) is 11.4 Å². The summed E-state index contributed by atoms with van der Waals surface area (Å²) in [5, 5.41) is 3.12. The van der Waals surface area contributed by atoms with Gasteiger partial charge in [0, 0.05) is 6.04 Å². The van der Waals surface area contributed by atoms with Gasteiger partial charge in [0.15, 0.2) is 0 Å². The molecular formula is C13H17FN2O4S. The minimum Gasteiger partial charge on any atom is -0.465 e. The van der Waals surface area contributed by atoms with E-state index in [-0.39, 0.29) is 6.04 Å². The van der Waals surface area contributed by atoms with Crippen molar-refractivity contribution in [3.05, 3.63) is 29.6 Å². The number of piperidine rings is 1. The molecule has 1 aromatic rings. The van der Waals surface area contributed by atoms with Crippen molar-refractivity contribution >= 4 is 16.0 Å². The normalized spacial score (nSPS) is 16.7. The Morgan fingerprint density at radius 1 is 1.38 bits per heavy atom. The van der Waals surface area contributed by atoms with Gasteiger partial charge >= 0.3 is 5.97 Å². The largest absolute Gasteiger partial charge is 0.465 e. The molecule has 21 heavy (non-hydrogen) atoms. The summed E-state index contributed by atoms with van der Waals surface area (Å²) in [5.74, 6) is -1.94. The standard InChI is InChI=1S/C13H17FN2O4S/c1-20-13(17)12-10(14)3-2-4-11(12)21(18,19)16-9-5-7-15-8-6-9/h2-4,9,15-16H,5-8H2,1H3. The molecule has 1 aliphatic rings. The van der Waals surface area contributed by atoms with Gasteiger partial charge in [0.2, 0.25) is 10.0 Å². The fourth-order valence-electron chi connectivity index (χ4n) is 2.25. The Morgan fingerprint density at radius 2 is 2.05 bits per heavy atom. The Kier molecular flexibility index (Phi) is 4.92. The topological polar surface area (TPSA) is 84.5 Å². The highest BCUT2D eigenvalue weighted by Gasteiger charge is 2.28. The molecule has 1 aromatic carbocycles. The third-order valence-electron chi connectivity index (χ3n) is 3.32. The van der Waals surface area contributed by atoms with Crippen molar-refractivity contribution in [1.29, 1.82) is 0 Å². The number of benzene rings is 1. The minimum absolute atomic E-state index is 0.231. The Hall–Kier alpha value is -1.51. The SMILES string of the molecule is COC(=O)c1c(F)cccc1S(=O)(=O)NC1CCNCC1. The molecule has 116 valence electrons. The van der Waals surface area contributed by atoms with Gasteiger partial charge in [-0.25, -0.2) is 22.3 Å². The van der Waals surface area contributed by atoms with Gasteiger partial charge in [0.05, 0.1) is 12.0 Å². The lowest BCUT2D eigenvalue weighted by Gasteiger charge is -2.23. The van der Waals surface area contributed by atoms with E-state index in [9.17, 15) is 17.6 Å². The number of sulfonamides is 1. The highest BCUT2D eigenvalue weighted by molar-refractivity contribution is 7.89. The molecular weight excluding hydrogens is 299 g/mol. The molecule has 1 fully saturated rings. The van der Waals surface area contributed by atoms with Crippen LogP contribution in [0.2, 0.25) is 0 Å². The predicted molar refractivity (Wildman–Crippen MR) is 74.0 cm³/mol. The Morgan fingerprint density at radius 3 is 2.67 bits per heavy atom. The Bertz CT molecular complexity index is 627. The maximum Gasteiger partial charge on any atom is 0.342 e. The van der Waals surface area contributed by atoms with Crippen molar-refractivity contribution < 1.29 is 22.3 Å². The summed E-state index contributed by atoms with van der Waals surface area (Å²) in [6, 6.07) is 3.23. The number of carbonyl (C=O) groups is 1. The third kappa shape index (κ3) is 3.58. The van der Waals surface area contributed by atoms with Gasteiger partial charge < -0.3 is 10.1 Å². The van der Waals surface area contributed by atoms with Gasteiger partial charge in [-0.05, 0) is 38.1 Å². The van der Waals surface area contributed by atoms with Crippen molar-refractivity contribution in [2.24, 2.45) is 0 Å². The lowest BCUT2D eigenvalue weighted by Crippen LogP contribution is -2.43. The van der Waals surface area contributed by atoms with Gasteiger partial charge in [-0.2, -0.15) is 0 Å². The van der Waals surface area contributed by atoms with Gasteiger partial charge in [-0.15, -0.1) is 0 Å². The number of hydrogen-bond acceptors (Lipinski definition) is 5. The van der Waals surface area contributed by atoms with E-state index >= 15 is 0 Å². The third-order valence-corrected chi connectivity index (χ3v) is 4.88. The Balaban J connectivity index is 2.35. The maximum atomic E-state index is 13.8. The first kappa shape index (κ1) is 15.9. The number of halogens is 1. The van der Waals surface area contributed by atoms with Crippen molar-refractivity contribution in [2.75, 3.05) is 20.2 Å². The second kappa shape index (κ2) is 6.50. The molecule has 0 aromatic heterocycles. The number of carbonyl (C=O) groups excluding carboxylic acids is 1. The number of rotatable bonds is 4. The van der Waals surface area contributed by atoms with E-state index in [1.54, 1.807) is 0 Å². The monoisotopic (exact) mass is 316 g/mol. The predicted octanol–water partition coefficient (Wildman–Crippen LogP) is 0.643. The van der Waals surface area contributed by atoms with Crippen LogP contribution in [-0.2, 0) is 14.8 Å². The molecule has 1 aliphatic heterocycles. The van der Waals surface area contributed by atoms with Crippen molar-refractivity contribution in [3.63, 3.8) is 0 Å². The maximum absolute atomic E-state index is 13.8. The zero-order valence-electron chi connectivity index (χ0n) is 11.6. The van der Waals surface area contributed by atoms with Crippen LogP contribution in [0.15, 0.2) is 23.1 Å². The highest BCUT2D eigenvalue weighted by Crippen LogP contribution is 2.21. The van der Waals surface area contributed by atoms with Crippen LogP contribution in [0.5, 0.6) is 0 Å². The van der Waals surface area contributed by atoms with Crippen LogP contribution in [-0.4, -0.2) is 40.6 Å². The molecule has 6 nitrogen and oxygen atoms in total. The summed E-state index contributed by atoms with van der Waals surface area (Å²) >= 11 is 0. The van der Waals surface area contributed by atoms with Gasteiger partial charge in [-0.1, -0.05) is 6.07 Å². The average molecular weight is 316 g/mol. The van der Waals surface area contributed by atoms with E-state index in [1.165, 1.54) is 12.1 Å². The number of esters is 1. The van der Waals surface area contributed by atoms with Crippen LogP contribution in [0, 0.1) is 5.82 Å². The van der Waals surface area contributed by atoms with E-state index in [0.717, 1.165) is 13.2 Å². The first-order valence-corrected chi connectivity index (χ1v) is 8.04. The van der Waals surface area contributed by atoms with Gasteiger partial charge in [-0.3, -0.25) is 0 Å². The van der Waals surface area contributed by atoms with E-state index in [1.807, 2.05) is 0 Å². The van der Waals surface area contributed by atoms with E-state index < -0.39 is 32.3 Å². The summed E-state index contributed by atoms with van der Waals surface area (Å²) in [7, 11) is -2.91. The molecule has 1 heterocycles. The number of hydrogen-bond donors (Lipinski definition) is 2. The summed E-state index contributed by atoms with van der Waals surface area (Å²) in [4.78, 5) is 11.2. The zero-order chi connectivity index (χ0) is 15.5. The summed E-state index contributed by atoms with van der Waals surface area (Å²) in [5.41, 5.74) is -0.568. The average Bonchev–Trinajstić information content (AvgIpc) is 2.47. The summed E-state index contributed by atoms with van der Waals surface area (Å²) in [6.07, 6.45) is 1.28. The van der Waals surface area contributed by atoms with E-state index in [0.29, 0.717) is 25.9 Å². The fourth-order valence-corrected chi connectivity index (χ4v) is 3.76. The number of methoxy groups -OCH3 is 1. The molecule has 0 spiro atoms. The van der Waals surface area contributed by atoms with E-state index in [2.05, 4.69) is 14.8 Å². The van der Waals surface area contributed by atoms with Crippen molar-refractivity contribution in [2.45, 2.75) is 23.8 Å². The quantitative estimate of drug-likeness (QED) is 0.797. The van der Waals surface area contributed by atoms with Crippen LogP contribution in [0.4, 0.5) is 4.39 Å². The molecule has 0 bridgehead atoms. The molecule has 0 saturated carbocycles. The summed E-state index contributed by atoms with van der Waals surface area (Å²) < 4.78 is 45.5. The molecule has 2 N–H and O–H groups in total. The van der Waals surface area contributed by atoms with Crippen LogP contribution in [0.1, 0.15) is 23.2 Å². The lowest BCUT2D eigenvalue weighted by molar-refractivity contribution is 0.0590. The second-order valence-electron chi connectivity index (χ2n) is 4.75. The number of ether oxygens (including phenoxy) is 1. The minimum atomic E-state index is -3.99. The smallest absolute Gasteiger partial charge is 0.342 e. The molecule has 0 amide bonds. The molecule has 0 unspecified atom stereocenters. The van der Waals surface area contributed by atoms with Crippen LogP contribution < -0.4 is 10.0 Å². The molecule has 0 atom stereocenters. The first-order valence-electron chi connectivity index (χ1n) is 6.55. The zero-order valence-corrected chi connectivity index (χ0v) is 12.4. The van der Waals surface area contributed by atoms with Crippen LogP contribution in [0.3, 0.4) is 0 Å². The molecule has 1 saturated heterocycles. The summed E-state index contributed by atoms with van der Waals surface area (Å²) in [6.45, 7) is 1.42. The number of nitrogens with one attached hydrogen (secondary N) is 2. The highest BCUT2D eigenvalue weighted by atomic mass is 32.2. The Labute approximate surface area is 122 Å². The fraction of sp³-hybridized carbons (Fsp3) is 0.462. The van der Waals surface area contributed by atoms with Gasteiger partial charge in [0.25, 0.3) is 0 Å². The molecule has 0 radical (unpaired) electrons. The molecule has 2 rings (SSSR count). The first-order chi connectivity index (χ1) is 9.95.